The third kappa shape index (κ3) is 7.45. The van der Waals surface area contributed by atoms with E-state index in [9.17, 15) is 0 Å². The van der Waals surface area contributed by atoms with Crippen molar-refractivity contribution < 1.29 is 4.74 Å². The molecule has 0 aliphatic carbocycles. The fraction of sp³-hybridized carbons (Fsp3) is 0.185. The Labute approximate surface area is 225 Å². The maximum Gasteiger partial charge on any atom is 0.195 e. The molecule has 0 bridgehead atoms. The molecule has 4 N–H and O–H groups in total. The van der Waals surface area contributed by atoms with E-state index in [4.69, 9.17) is 33.7 Å². The number of aliphatic imine (C=N–C) groups is 1. The molecular weight excluding hydrogens is 513 g/mol. The summed E-state index contributed by atoms with van der Waals surface area (Å²) in [6.07, 6.45) is 0.663. The molecule has 0 saturated heterocycles. The summed E-state index contributed by atoms with van der Waals surface area (Å²) in [6, 6.07) is 23.4. The molecule has 1 atom stereocenters. The molecule has 0 radical (unpaired) electrons. The number of nitrogens with one attached hydrogen (secondary N) is 2. The highest BCUT2D eigenvalue weighted by molar-refractivity contribution is 7.14. The number of nitrogens with zero attached hydrogens (tertiary/aromatic N) is 2. The van der Waals surface area contributed by atoms with Crippen LogP contribution in [0.3, 0.4) is 0 Å². The van der Waals surface area contributed by atoms with Crippen LogP contribution < -0.4 is 21.1 Å². The van der Waals surface area contributed by atoms with Crippen molar-refractivity contribution in [3.63, 3.8) is 0 Å². The smallest absolute Gasteiger partial charge is 0.195 e. The molecule has 36 heavy (non-hydrogen) atoms. The standard InChI is InChI=1S/C27H27Cl2N5OS/c1-2-25(31-16-19-8-13-22(28)23(29)14-19)35-21-11-9-20(10-12-21)24-17-36-27(33-24)34-26(30)32-15-18-6-4-3-5-7-18/h3-14,17,25,31H,2,15-16H2,1H3,(H3,30,32,33,34). The van der Waals surface area contributed by atoms with Gasteiger partial charge in [-0.1, -0.05) is 66.5 Å². The minimum atomic E-state index is -0.140. The van der Waals surface area contributed by atoms with Gasteiger partial charge in [-0.15, -0.1) is 11.3 Å². The summed E-state index contributed by atoms with van der Waals surface area (Å²) in [5, 5.41) is 10.2. The largest absolute Gasteiger partial charge is 0.475 e. The molecule has 1 aromatic heterocycles. The Morgan fingerprint density at radius 1 is 1.03 bits per heavy atom. The Morgan fingerprint density at radius 3 is 2.53 bits per heavy atom. The van der Waals surface area contributed by atoms with Crippen molar-refractivity contribution >= 4 is 45.6 Å². The number of halogens is 2. The number of hydrogen-bond acceptors (Lipinski definition) is 5. The first-order valence-electron chi connectivity index (χ1n) is 11.5. The Balaban J connectivity index is 1.31. The molecule has 186 valence electrons. The second kappa shape index (κ2) is 12.7. The van der Waals surface area contributed by atoms with Gasteiger partial charge in [0.25, 0.3) is 0 Å². The zero-order chi connectivity index (χ0) is 25.3. The van der Waals surface area contributed by atoms with Gasteiger partial charge in [-0.3, -0.25) is 5.32 Å². The van der Waals surface area contributed by atoms with Gasteiger partial charge in [0.05, 0.1) is 22.3 Å². The van der Waals surface area contributed by atoms with E-state index in [1.807, 2.05) is 72.1 Å². The number of hydrogen-bond donors (Lipinski definition) is 3. The minimum Gasteiger partial charge on any atom is -0.475 e. The highest BCUT2D eigenvalue weighted by Crippen LogP contribution is 2.27. The van der Waals surface area contributed by atoms with Gasteiger partial charge >= 0.3 is 0 Å². The molecule has 0 amide bonds. The van der Waals surface area contributed by atoms with E-state index in [2.05, 4.69) is 27.5 Å². The summed E-state index contributed by atoms with van der Waals surface area (Å²) in [7, 11) is 0. The topological polar surface area (TPSA) is 84.6 Å². The van der Waals surface area contributed by atoms with Crippen molar-refractivity contribution in [2.75, 3.05) is 5.32 Å². The van der Waals surface area contributed by atoms with Crippen molar-refractivity contribution in [2.24, 2.45) is 10.7 Å². The number of thiazole rings is 1. The number of ether oxygens (including phenoxy) is 1. The fourth-order valence-electron chi connectivity index (χ4n) is 3.39. The molecule has 0 spiro atoms. The highest BCUT2D eigenvalue weighted by atomic mass is 35.5. The second-order valence-electron chi connectivity index (χ2n) is 8.02. The quantitative estimate of drug-likeness (QED) is 0.115. The van der Waals surface area contributed by atoms with Crippen LogP contribution in [0.4, 0.5) is 5.13 Å². The lowest BCUT2D eigenvalue weighted by Gasteiger charge is -2.19. The van der Waals surface area contributed by atoms with E-state index in [0.717, 1.165) is 34.6 Å². The lowest BCUT2D eigenvalue weighted by atomic mass is 10.2. The van der Waals surface area contributed by atoms with Crippen molar-refractivity contribution in [1.29, 1.82) is 0 Å². The SMILES string of the molecule is CCC(NCc1ccc(Cl)c(Cl)c1)Oc1ccc(-c2csc(NC(N)=NCc3ccccc3)n2)cc1. The molecule has 1 unspecified atom stereocenters. The van der Waals surface area contributed by atoms with Gasteiger partial charge in [0.1, 0.15) is 12.0 Å². The normalized spacial score (nSPS) is 12.4. The molecule has 0 saturated carbocycles. The van der Waals surface area contributed by atoms with Gasteiger partial charge in [0.15, 0.2) is 11.1 Å². The van der Waals surface area contributed by atoms with Crippen LogP contribution in [-0.2, 0) is 13.1 Å². The lowest BCUT2D eigenvalue weighted by Crippen LogP contribution is -2.33. The molecule has 0 aliphatic heterocycles. The van der Waals surface area contributed by atoms with Crippen molar-refractivity contribution in [2.45, 2.75) is 32.7 Å². The average molecular weight is 541 g/mol. The first-order chi connectivity index (χ1) is 17.5. The zero-order valence-electron chi connectivity index (χ0n) is 19.7. The average Bonchev–Trinajstić information content (AvgIpc) is 3.36. The van der Waals surface area contributed by atoms with Crippen LogP contribution in [0.2, 0.25) is 10.0 Å². The van der Waals surface area contributed by atoms with Crippen LogP contribution in [0.25, 0.3) is 11.3 Å². The Kier molecular flexibility index (Phi) is 9.19. The number of anilines is 1. The first-order valence-corrected chi connectivity index (χ1v) is 13.1. The van der Waals surface area contributed by atoms with E-state index >= 15 is 0 Å². The zero-order valence-corrected chi connectivity index (χ0v) is 22.1. The first kappa shape index (κ1) is 26.0. The predicted octanol–water partition coefficient (Wildman–Crippen LogP) is 6.95. The Hall–Kier alpha value is -3.10. The van der Waals surface area contributed by atoms with Gasteiger partial charge < -0.3 is 15.8 Å². The van der Waals surface area contributed by atoms with Crippen molar-refractivity contribution in [1.82, 2.24) is 10.3 Å². The van der Waals surface area contributed by atoms with E-state index in [-0.39, 0.29) is 6.23 Å². The number of guanidine groups is 1. The van der Waals surface area contributed by atoms with Crippen LogP contribution in [0, 0.1) is 0 Å². The monoisotopic (exact) mass is 539 g/mol. The van der Waals surface area contributed by atoms with Crippen molar-refractivity contribution in [3.8, 4) is 17.0 Å². The van der Waals surface area contributed by atoms with Crippen LogP contribution in [0.5, 0.6) is 5.75 Å². The molecule has 1 heterocycles. The number of rotatable bonds is 10. The van der Waals surface area contributed by atoms with Crippen LogP contribution in [0.1, 0.15) is 24.5 Å². The molecule has 0 aliphatic rings. The van der Waals surface area contributed by atoms with Gasteiger partial charge in [-0.05, 0) is 53.9 Å². The van der Waals surface area contributed by atoms with E-state index in [1.165, 1.54) is 11.3 Å². The molecular formula is C27H27Cl2N5OS. The highest BCUT2D eigenvalue weighted by Gasteiger charge is 2.10. The van der Waals surface area contributed by atoms with Gasteiger partial charge in [-0.2, -0.15) is 0 Å². The van der Waals surface area contributed by atoms with Gasteiger partial charge in [0.2, 0.25) is 0 Å². The van der Waals surface area contributed by atoms with Crippen LogP contribution in [0.15, 0.2) is 83.2 Å². The molecule has 4 aromatic rings. The summed E-state index contributed by atoms with van der Waals surface area (Å²) < 4.78 is 6.12. The van der Waals surface area contributed by atoms with E-state index in [0.29, 0.717) is 34.2 Å². The molecule has 9 heteroatoms. The Bertz CT molecular complexity index is 1300. The summed E-state index contributed by atoms with van der Waals surface area (Å²) in [5.41, 5.74) is 10.0. The third-order valence-electron chi connectivity index (χ3n) is 5.33. The maximum atomic E-state index is 6.12. The summed E-state index contributed by atoms with van der Waals surface area (Å²) >= 11 is 13.6. The van der Waals surface area contributed by atoms with Gasteiger partial charge in [0, 0.05) is 17.5 Å². The van der Waals surface area contributed by atoms with Crippen molar-refractivity contribution in [3.05, 3.63) is 99.3 Å². The minimum absolute atomic E-state index is 0.140. The number of benzene rings is 3. The second-order valence-corrected chi connectivity index (χ2v) is 9.69. The summed E-state index contributed by atoms with van der Waals surface area (Å²) in [5.74, 6) is 1.11. The van der Waals surface area contributed by atoms with Gasteiger partial charge in [-0.25, -0.2) is 9.98 Å². The molecule has 6 nitrogen and oxygen atoms in total. The summed E-state index contributed by atoms with van der Waals surface area (Å²) in [6.45, 7) is 3.21. The molecule has 0 fully saturated rings. The van der Waals surface area contributed by atoms with E-state index < -0.39 is 0 Å². The Morgan fingerprint density at radius 2 is 1.81 bits per heavy atom. The lowest BCUT2D eigenvalue weighted by molar-refractivity contribution is 0.157. The maximum absolute atomic E-state index is 6.12. The summed E-state index contributed by atoms with van der Waals surface area (Å²) in [4.78, 5) is 9.01. The van der Waals surface area contributed by atoms with E-state index in [1.54, 1.807) is 6.07 Å². The molecule has 4 rings (SSSR count). The molecule has 3 aromatic carbocycles. The number of nitrogens with two attached hydrogens (primary N) is 1. The third-order valence-corrected chi connectivity index (χ3v) is 6.83. The number of aromatic nitrogens is 1. The fourth-order valence-corrected chi connectivity index (χ4v) is 4.44. The van der Waals surface area contributed by atoms with Crippen LogP contribution >= 0.6 is 34.5 Å². The predicted molar refractivity (Wildman–Crippen MR) is 151 cm³/mol. The van der Waals surface area contributed by atoms with Crippen LogP contribution in [-0.4, -0.2) is 17.2 Å².